The van der Waals surface area contributed by atoms with Gasteiger partial charge >= 0.3 is 0 Å². The van der Waals surface area contributed by atoms with Crippen molar-refractivity contribution < 1.29 is 4.21 Å². The van der Waals surface area contributed by atoms with Crippen LogP contribution in [0.1, 0.15) is 24.7 Å². The maximum absolute atomic E-state index is 11.5. The summed E-state index contributed by atoms with van der Waals surface area (Å²) in [7, 11) is -0.672. The summed E-state index contributed by atoms with van der Waals surface area (Å²) in [5.74, 6) is 2.97. The molecule has 1 fully saturated rings. The van der Waals surface area contributed by atoms with Crippen molar-refractivity contribution in [3.8, 4) is 0 Å². The number of imidazole rings is 1. The lowest BCUT2D eigenvalue weighted by molar-refractivity contribution is 0.457. The molecule has 1 aliphatic rings. The quantitative estimate of drug-likeness (QED) is 0.812. The van der Waals surface area contributed by atoms with Crippen LogP contribution in [0.5, 0.6) is 0 Å². The van der Waals surface area contributed by atoms with Crippen molar-refractivity contribution in [2.24, 2.45) is 0 Å². The van der Waals surface area contributed by atoms with E-state index in [1.54, 1.807) is 6.20 Å². The zero-order valence-corrected chi connectivity index (χ0v) is 13.2. The van der Waals surface area contributed by atoms with Gasteiger partial charge in [0.05, 0.1) is 5.02 Å². The number of fused-ring (bicyclic) bond motifs is 1. The fraction of sp³-hybridized carbons (Fsp3) is 0.538. The summed E-state index contributed by atoms with van der Waals surface area (Å²) in [5, 5.41) is 0.587. The molecule has 4 nitrogen and oxygen atoms in total. The van der Waals surface area contributed by atoms with E-state index in [0.29, 0.717) is 23.4 Å². The molecule has 20 heavy (non-hydrogen) atoms. The van der Waals surface area contributed by atoms with Crippen LogP contribution in [0.4, 0.5) is 0 Å². The minimum atomic E-state index is -0.672. The van der Waals surface area contributed by atoms with E-state index in [4.69, 9.17) is 23.2 Å². The highest BCUT2D eigenvalue weighted by atomic mass is 35.5. The minimum Gasteiger partial charge on any atom is -0.309 e. The summed E-state index contributed by atoms with van der Waals surface area (Å²) >= 11 is 11.9. The second kappa shape index (κ2) is 6.00. The van der Waals surface area contributed by atoms with Crippen molar-refractivity contribution in [2.75, 3.05) is 17.4 Å². The van der Waals surface area contributed by atoms with E-state index in [1.165, 1.54) is 0 Å². The minimum absolute atomic E-state index is 0.310. The molecule has 0 spiro atoms. The summed E-state index contributed by atoms with van der Waals surface area (Å²) < 4.78 is 13.7. The summed E-state index contributed by atoms with van der Waals surface area (Å²) in [4.78, 5) is 9.04. The van der Waals surface area contributed by atoms with E-state index in [2.05, 4.69) is 14.5 Å². The highest BCUT2D eigenvalue weighted by Crippen LogP contribution is 2.29. The van der Waals surface area contributed by atoms with E-state index in [1.807, 2.05) is 6.07 Å². The first-order valence-corrected chi connectivity index (χ1v) is 9.02. The number of rotatable bonds is 3. The Hall–Kier alpha value is -0.650. The van der Waals surface area contributed by atoms with Gasteiger partial charge in [-0.15, -0.1) is 11.6 Å². The van der Waals surface area contributed by atoms with Gasteiger partial charge in [0.2, 0.25) is 0 Å². The zero-order chi connectivity index (χ0) is 14.1. The second-order valence-corrected chi connectivity index (χ2v) is 7.42. The van der Waals surface area contributed by atoms with Crippen LogP contribution in [-0.2, 0) is 17.2 Å². The lowest BCUT2D eigenvalue weighted by atomic mass is 10.1. The van der Waals surface area contributed by atoms with E-state index >= 15 is 0 Å². The molecule has 3 heterocycles. The highest BCUT2D eigenvalue weighted by molar-refractivity contribution is 7.85. The van der Waals surface area contributed by atoms with Crippen LogP contribution < -0.4 is 0 Å². The van der Waals surface area contributed by atoms with Gasteiger partial charge < -0.3 is 4.57 Å². The van der Waals surface area contributed by atoms with Crippen molar-refractivity contribution in [1.82, 2.24) is 14.5 Å². The molecule has 1 saturated heterocycles. The smallest absolute Gasteiger partial charge is 0.160 e. The second-order valence-electron chi connectivity index (χ2n) is 4.91. The van der Waals surface area contributed by atoms with E-state index in [-0.39, 0.29) is 0 Å². The average molecular weight is 332 g/mol. The van der Waals surface area contributed by atoms with Gasteiger partial charge in [0.1, 0.15) is 11.3 Å². The van der Waals surface area contributed by atoms with Crippen LogP contribution in [0.2, 0.25) is 5.02 Å². The fourth-order valence-corrected chi connectivity index (χ4v) is 4.28. The zero-order valence-electron chi connectivity index (χ0n) is 10.9. The number of nitrogens with zero attached hydrogens (tertiary/aromatic N) is 3. The summed E-state index contributed by atoms with van der Waals surface area (Å²) in [5.41, 5.74) is 1.66. The predicted octanol–water partition coefficient (Wildman–Crippen LogP) is 2.95. The van der Waals surface area contributed by atoms with Crippen LogP contribution in [0.3, 0.4) is 0 Å². The largest absolute Gasteiger partial charge is 0.309 e. The fourth-order valence-electron chi connectivity index (χ4n) is 2.69. The lowest BCUT2D eigenvalue weighted by Crippen LogP contribution is -2.23. The van der Waals surface area contributed by atoms with Crippen molar-refractivity contribution in [3.05, 3.63) is 23.1 Å². The summed E-state index contributed by atoms with van der Waals surface area (Å²) in [6, 6.07) is 2.14. The van der Waals surface area contributed by atoms with Gasteiger partial charge in [-0.05, 0) is 18.9 Å². The molecule has 0 aliphatic carbocycles. The molecule has 0 bridgehead atoms. The first-order valence-electron chi connectivity index (χ1n) is 6.62. The monoisotopic (exact) mass is 331 g/mol. The van der Waals surface area contributed by atoms with E-state index in [9.17, 15) is 4.21 Å². The number of hydrogen-bond donors (Lipinski definition) is 0. The Labute approximate surface area is 130 Å². The molecule has 0 N–H and O–H groups in total. The van der Waals surface area contributed by atoms with Crippen molar-refractivity contribution >= 4 is 45.2 Å². The normalized spacial score (nSPS) is 23.3. The Kier molecular flexibility index (Phi) is 4.29. The van der Waals surface area contributed by atoms with Gasteiger partial charge in [-0.25, -0.2) is 9.97 Å². The first-order chi connectivity index (χ1) is 9.69. The van der Waals surface area contributed by atoms with Gasteiger partial charge in [0.15, 0.2) is 5.65 Å². The number of halogens is 2. The Morgan fingerprint density at radius 3 is 2.85 bits per heavy atom. The number of aromatic nitrogens is 3. The van der Waals surface area contributed by atoms with Crippen LogP contribution in [0, 0.1) is 0 Å². The van der Waals surface area contributed by atoms with Crippen LogP contribution >= 0.6 is 23.2 Å². The molecule has 0 saturated carbocycles. The number of alkyl halides is 1. The maximum Gasteiger partial charge on any atom is 0.160 e. The molecule has 2 aromatic rings. The van der Waals surface area contributed by atoms with Gasteiger partial charge in [0, 0.05) is 46.8 Å². The Bertz CT molecular complexity index is 648. The molecular formula is C13H15Cl2N3OS. The van der Waals surface area contributed by atoms with E-state index < -0.39 is 10.8 Å². The van der Waals surface area contributed by atoms with Crippen LogP contribution in [-0.4, -0.2) is 36.1 Å². The van der Waals surface area contributed by atoms with E-state index in [0.717, 1.165) is 41.3 Å². The average Bonchev–Trinajstić information content (AvgIpc) is 2.77. The first kappa shape index (κ1) is 14.3. The Morgan fingerprint density at radius 1 is 1.40 bits per heavy atom. The summed E-state index contributed by atoms with van der Waals surface area (Å²) in [6.45, 7) is 0. The predicted molar refractivity (Wildman–Crippen MR) is 83.1 cm³/mol. The van der Waals surface area contributed by atoms with Crippen molar-refractivity contribution in [3.63, 3.8) is 0 Å². The number of pyridine rings is 1. The van der Waals surface area contributed by atoms with Crippen molar-refractivity contribution in [1.29, 1.82) is 0 Å². The van der Waals surface area contributed by atoms with Crippen LogP contribution in [0.25, 0.3) is 11.2 Å². The Balaban J connectivity index is 2.06. The summed E-state index contributed by atoms with van der Waals surface area (Å²) in [6.07, 6.45) is 4.15. The third-order valence-corrected chi connectivity index (χ3v) is 5.39. The molecule has 1 aliphatic heterocycles. The standard InChI is InChI=1S/C13H15Cl2N3OS/c14-4-1-12-17-11-7-9(15)8-16-13(11)18(12)10-2-5-20(19)6-3-10/h7-8,10H,1-6H2. The van der Waals surface area contributed by atoms with Gasteiger partial charge in [-0.3, -0.25) is 4.21 Å². The lowest BCUT2D eigenvalue weighted by Gasteiger charge is -2.24. The third kappa shape index (κ3) is 2.71. The third-order valence-electron chi connectivity index (χ3n) is 3.61. The highest BCUT2D eigenvalue weighted by Gasteiger charge is 2.24. The molecule has 3 rings (SSSR count). The molecular weight excluding hydrogens is 317 g/mol. The molecule has 2 aromatic heterocycles. The van der Waals surface area contributed by atoms with Gasteiger partial charge in [0.25, 0.3) is 0 Å². The Morgan fingerprint density at radius 2 is 2.15 bits per heavy atom. The maximum atomic E-state index is 11.5. The molecule has 108 valence electrons. The molecule has 0 unspecified atom stereocenters. The SMILES string of the molecule is O=S1CCC(n2c(CCCl)nc3cc(Cl)cnc32)CC1. The molecule has 0 radical (unpaired) electrons. The van der Waals surface area contributed by atoms with Gasteiger partial charge in [-0.2, -0.15) is 0 Å². The van der Waals surface area contributed by atoms with Crippen molar-refractivity contribution in [2.45, 2.75) is 25.3 Å². The number of aryl methyl sites for hydroxylation is 1. The topological polar surface area (TPSA) is 47.8 Å². The molecule has 0 amide bonds. The molecule has 0 atom stereocenters. The molecule has 0 aromatic carbocycles. The van der Waals surface area contributed by atoms with Gasteiger partial charge in [-0.1, -0.05) is 11.6 Å². The molecule has 7 heteroatoms. The van der Waals surface area contributed by atoms with Crippen LogP contribution in [0.15, 0.2) is 12.3 Å². The number of hydrogen-bond acceptors (Lipinski definition) is 3.